The summed E-state index contributed by atoms with van der Waals surface area (Å²) in [5.74, 6) is -0.277. The van der Waals surface area contributed by atoms with Crippen LogP contribution in [0.25, 0.3) is 0 Å². The fraction of sp³-hybridized carbons (Fsp3) is 0.556. The third-order valence-corrected chi connectivity index (χ3v) is 4.70. The second kappa shape index (κ2) is 8.90. The van der Waals surface area contributed by atoms with Gasteiger partial charge in [0.1, 0.15) is 5.60 Å². The highest BCUT2D eigenvalue weighted by Crippen LogP contribution is 2.23. The quantitative estimate of drug-likeness (QED) is 0.669. The minimum atomic E-state index is -0.584. The monoisotopic (exact) mass is 432 g/mol. The van der Waals surface area contributed by atoms with Crippen molar-refractivity contribution in [3.05, 3.63) is 33.3 Å². The van der Waals surface area contributed by atoms with E-state index in [1.807, 2.05) is 13.8 Å². The van der Waals surface area contributed by atoms with Gasteiger partial charge in [-0.15, -0.1) is 0 Å². The molecule has 0 aliphatic carbocycles. The number of benzene rings is 1. The zero-order valence-electron chi connectivity index (χ0n) is 15.3. The molecule has 0 unspecified atom stereocenters. The number of carbonyl (C=O) groups is 2. The number of ether oxygens (including phenoxy) is 1. The summed E-state index contributed by atoms with van der Waals surface area (Å²) in [5, 5.41) is 6.14. The van der Waals surface area contributed by atoms with E-state index in [9.17, 15) is 9.59 Å². The standard InChI is InChI=1S/C18H26BrClN2O3/c1-6-18(7-2,11-21-16(24)25-17(3,4)5)22-15(23)13-10-12(19)8-9-14(13)20/h8-10H,6-7,11H2,1-5H3,(H,21,24)(H,22,23). The normalized spacial score (nSPS) is 11.8. The van der Waals surface area contributed by atoms with Gasteiger partial charge in [0.05, 0.1) is 16.1 Å². The zero-order valence-corrected chi connectivity index (χ0v) is 17.7. The zero-order chi connectivity index (χ0) is 19.3. The maximum absolute atomic E-state index is 12.7. The fourth-order valence-corrected chi connectivity index (χ4v) is 2.82. The number of nitrogens with one attached hydrogen (secondary N) is 2. The van der Waals surface area contributed by atoms with Crippen LogP contribution in [0.4, 0.5) is 4.79 Å². The second-order valence-corrected chi connectivity index (χ2v) is 8.24. The van der Waals surface area contributed by atoms with Crippen molar-refractivity contribution in [3.63, 3.8) is 0 Å². The molecule has 0 fully saturated rings. The minimum absolute atomic E-state index is 0.270. The fourth-order valence-electron chi connectivity index (χ4n) is 2.26. The van der Waals surface area contributed by atoms with E-state index < -0.39 is 17.2 Å². The third kappa shape index (κ3) is 6.86. The topological polar surface area (TPSA) is 67.4 Å². The van der Waals surface area contributed by atoms with Gasteiger partial charge >= 0.3 is 6.09 Å². The molecule has 1 aromatic rings. The van der Waals surface area contributed by atoms with Gasteiger partial charge in [-0.25, -0.2) is 4.79 Å². The number of rotatable bonds is 6. The van der Waals surface area contributed by atoms with E-state index in [4.69, 9.17) is 16.3 Å². The maximum atomic E-state index is 12.7. The molecule has 0 atom stereocenters. The van der Waals surface area contributed by atoms with Crippen LogP contribution in [-0.4, -0.2) is 29.7 Å². The van der Waals surface area contributed by atoms with Gasteiger partial charge in [0.15, 0.2) is 0 Å². The van der Waals surface area contributed by atoms with Crippen molar-refractivity contribution in [3.8, 4) is 0 Å². The van der Waals surface area contributed by atoms with Crippen molar-refractivity contribution in [2.24, 2.45) is 0 Å². The number of amides is 2. The summed E-state index contributed by atoms with van der Waals surface area (Å²) < 4.78 is 6.03. The van der Waals surface area contributed by atoms with E-state index >= 15 is 0 Å². The Bertz CT molecular complexity index is 625. The van der Waals surface area contributed by atoms with Gasteiger partial charge in [-0.2, -0.15) is 0 Å². The van der Waals surface area contributed by atoms with Crippen molar-refractivity contribution in [1.82, 2.24) is 10.6 Å². The summed E-state index contributed by atoms with van der Waals surface area (Å²) in [4.78, 5) is 24.6. The molecular formula is C18H26BrClN2O3. The summed E-state index contributed by atoms with van der Waals surface area (Å²) in [6.45, 7) is 9.60. The second-order valence-electron chi connectivity index (χ2n) is 6.92. The molecule has 1 rings (SSSR count). The number of carbonyl (C=O) groups excluding carboxylic acids is 2. The Hall–Kier alpha value is -1.27. The minimum Gasteiger partial charge on any atom is -0.444 e. The first-order valence-electron chi connectivity index (χ1n) is 8.26. The van der Waals surface area contributed by atoms with Crippen LogP contribution >= 0.6 is 27.5 Å². The molecule has 0 heterocycles. The van der Waals surface area contributed by atoms with Crippen LogP contribution in [0, 0.1) is 0 Å². The Morgan fingerprint density at radius 2 is 1.80 bits per heavy atom. The average Bonchev–Trinajstić information content (AvgIpc) is 2.52. The lowest BCUT2D eigenvalue weighted by Crippen LogP contribution is -2.55. The van der Waals surface area contributed by atoms with Gasteiger partial charge in [-0.05, 0) is 51.8 Å². The molecule has 0 aromatic heterocycles. The van der Waals surface area contributed by atoms with E-state index in [2.05, 4.69) is 26.6 Å². The molecule has 2 amide bonds. The van der Waals surface area contributed by atoms with Crippen molar-refractivity contribution >= 4 is 39.5 Å². The summed E-state index contributed by atoms with van der Waals surface area (Å²) in [5.41, 5.74) is -0.766. The number of halogens is 2. The largest absolute Gasteiger partial charge is 0.444 e. The van der Waals surface area contributed by atoms with E-state index in [0.29, 0.717) is 23.4 Å². The van der Waals surface area contributed by atoms with Crippen LogP contribution in [-0.2, 0) is 4.74 Å². The molecule has 0 bridgehead atoms. The third-order valence-electron chi connectivity index (χ3n) is 3.88. The molecule has 0 aliphatic rings. The Balaban J connectivity index is 2.85. The van der Waals surface area contributed by atoms with Gasteiger partial charge < -0.3 is 15.4 Å². The van der Waals surface area contributed by atoms with Gasteiger partial charge in [-0.1, -0.05) is 41.4 Å². The Morgan fingerprint density at radius 3 is 2.32 bits per heavy atom. The van der Waals surface area contributed by atoms with Crippen LogP contribution in [0.5, 0.6) is 0 Å². The lowest BCUT2D eigenvalue weighted by Gasteiger charge is -2.33. The van der Waals surface area contributed by atoms with Gasteiger partial charge in [0.25, 0.3) is 5.91 Å². The van der Waals surface area contributed by atoms with Crippen LogP contribution in [0.1, 0.15) is 57.8 Å². The number of alkyl carbamates (subject to hydrolysis) is 1. The molecule has 0 radical (unpaired) electrons. The molecule has 7 heteroatoms. The molecule has 25 heavy (non-hydrogen) atoms. The molecule has 1 aromatic carbocycles. The van der Waals surface area contributed by atoms with Gasteiger partial charge in [-0.3, -0.25) is 4.79 Å². The number of hydrogen-bond donors (Lipinski definition) is 2. The highest BCUT2D eigenvalue weighted by Gasteiger charge is 2.30. The maximum Gasteiger partial charge on any atom is 0.407 e. The Kier molecular flexibility index (Phi) is 7.75. The summed E-state index contributed by atoms with van der Waals surface area (Å²) in [7, 11) is 0. The van der Waals surface area contributed by atoms with Crippen molar-refractivity contribution in [1.29, 1.82) is 0 Å². The lowest BCUT2D eigenvalue weighted by molar-refractivity contribution is 0.0502. The predicted octanol–water partition coefficient (Wildman–Crippen LogP) is 4.92. The summed E-state index contributed by atoms with van der Waals surface area (Å²) in [6, 6.07) is 5.12. The van der Waals surface area contributed by atoms with Crippen LogP contribution in [0.3, 0.4) is 0 Å². The molecule has 0 spiro atoms. The van der Waals surface area contributed by atoms with Gasteiger partial charge in [0.2, 0.25) is 0 Å². The van der Waals surface area contributed by atoms with E-state index in [1.165, 1.54) is 0 Å². The predicted molar refractivity (Wildman–Crippen MR) is 104 cm³/mol. The van der Waals surface area contributed by atoms with Crippen LogP contribution in [0.2, 0.25) is 5.02 Å². The highest BCUT2D eigenvalue weighted by atomic mass is 79.9. The van der Waals surface area contributed by atoms with E-state index in [0.717, 1.165) is 4.47 Å². The summed E-state index contributed by atoms with van der Waals surface area (Å²) in [6.07, 6.45) is 0.793. The van der Waals surface area contributed by atoms with Gasteiger partial charge in [0, 0.05) is 11.0 Å². The highest BCUT2D eigenvalue weighted by molar-refractivity contribution is 9.10. The average molecular weight is 434 g/mol. The van der Waals surface area contributed by atoms with Crippen molar-refractivity contribution < 1.29 is 14.3 Å². The Morgan fingerprint density at radius 1 is 1.20 bits per heavy atom. The van der Waals surface area contributed by atoms with Crippen molar-refractivity contribution in [2.75, 3.05) is 6.54 Å². The molecular weight excluding hydrogens is 408 g/mol. The smallest absolute Gasteiger partial charge is 0.407 e. The molecule has 0 aliphatic heterocycles. The first-order valence-corrected chi connectivity index (χ1v) is 9.43. The molecule has 2 N–H and O–H groups in total. The molecule has 140 valence electrons. The molecule has 5 nitrogen and oxygen atoms in total. The van der Waals surface area contributed by atoms with Crippen LogP contribution in [0.15, 0.2) is 22.7 Å². The first-order chi connectivity index (χ1) is 11.5. The van der Waals surface area contributed by atoms with E-state index in [-0.39, 0.29) is 12.5 Å². The lowest BCUT2D eigenvalue weighted by atomic mass is 9.92. The summed E-state index contributed by atoms with van der Waals surface area (Å²) >= 11 is 9.48. The van der Waals surface area contributed by atoms with Crippen molar-refractivity contribution in [2.45, 2.75) is 58.6 Å². The van der Waals surface area contributed by atoms with Crippen LogP contribution < -0.4 is 10.6 Å². The molecule has 0 saturated heterocycles. The number of hydrogen-bond acceptors (Lipinski definition) is 3. The van der Waals surface area contributed by atoms with E-state index in [1.54, 1.807) is 39.0 Å². The molecule has 0 saturated carbocycles. The Labute approximate surface area is 163 Å². The first kappa shape index (κ1) is 21.8. The SMILES string of the molecule is CCC(CC)(CNC(=O)OC(C)(C)C)NC(=O)c1cc(Br)ccc1Cl.